The molecule has 5 heteroatoms. The second-order valence-corrected chi connectivity index (χ2v) is 6.25. The number of ether oxygens (including phenoxy) is 2. The van der Waals surface area contributed by atoms with Gasteiger partial charge in [0.15, 0.2) is 0 Å². The molecule has 0 fully saturated rings. The van der Waals surface area contributed by atoms with Crippen molar-refractivity contribution in [1.82, 2.24) is 4.98 Å². The van der Waals surface area contributed by atoms with E-state index in [9.17, 15) is 4.79 Å². The van der Waals surface area contributed by atoms with E-state index in [1.54, 1.807) is 6.92 Å². The van der Waals surface area contributed by atoms with Gasteiger partial charge in [0, 0.05) is 21.6 Å². The van der Waals surface area contributed by atoms with Gasteiger partial charge in [0.05, 0.1) is 18.5 Å². The number of carbonyl (C=O) groups excluding carboxylic acids is 1. The molecule has 124 valence electrons. The van der Waals surface area contributed by atoms with Crippen molar-refractivity contribution in [2.75, 3.05) is 6.61 Å². The Bertz CT molecular complexity index is 857. The van der Waals surface area contributed by atoms with Crippen molar-refractivity contribution in [1.29, 1.82) is 0 Å². The summed E-state index contributed by atoms with van der Waals surface area (Å²) in [6.45, 7) is 2.61. The zero-order chi connectivity index (χ0) is 16.9. The fraction of sp³-hybridized carbons (Fsp3) is 0.211. The zero-order valence-electron chi connectivity index (χ0n) is 13.3. The largest absolute Gasteiger partial charge is 0.489 e. The second-order valence-electron chi connectivity index (χ2n) is 5.40. The third kappa shape index (κ3) is 3.79. The van der Waals surface area contributed by atoms with Crippen molar-refractivity contribution in [2.24, 2.45) is 0 Å². The van der Waals surface area contributed by atoms with Gasteiger partial charge in [-0.1, -0.05) is 18.2 Å². The van der Waals surface area contributed by atoms with Crippen LogP contribution in [0.1, 0.15) is 18.1 Å². The molecule has 0 aliphatic carbocycles. The van der Waals surface area contributed by atoms with Gasteiger partial charge in [-0.25, -0.2) is 0 Å². The first kappa shape index (κ1) is 16.6. The number of esters is 1. The summed E-state index contributed by atoms with van der Waals surface area (Å²) in [4.78, 5) is 14.9. The molecule has 0 amide bonds. The average Bonchev–Trinajstić information content (AvgIpc) is 3.03. The number of aromatic nitrogens is 1. The Balaban J connectivity index is 1.75. The summed E-state index contributed by atoms with van der Waals surface area (Å²) < 4.78 is 12.0. The Morgan fingerprint density at radius 2 is 2.04 bits per heavy atom. The molecular formula is C19H18BrNO3. The maximum Gasteiger partial charge on any atom is 0.310 e. The van der Waals surface area contributed by atoms with E-state index in [1.807, 2.05) is 42.6 Å². The van der Waals surface area contributed by atoms with E-state index >= 15 is 0 Å². The van der Waals surface area contributed by atoms with Crippen LogP contribution < -0.4 is 4.74 Å². The summed E-state index contributed by atoms with van der Waals surface area (Å²) in [5, 5.41) is 1.13. The molecule has 0 spiro atoms. The number of hydrogen-bond acceptors (Lipinski definition) is 3. The second kappa shape index (κ2) is 7.53. The molecule has 0 unspecified atom stereocenters. The molecule has 1 heterocycles. The number of nitrogens with one attached hydrogen (secondary N) is 1. The lowest BCUT2D eigenvalue weighted by atomic mass is 10.1. The van der Waals surface area contributed by atoms with Crippen LogP contribution in [-0.4, -0.2) is 17.6 Å². The first-order valence-corrected chi connectivity index (χ1v) is 8.58. The first-order valence-electron chi connectivity index (χ1n) is 7.79. The van der Waals surface area contributed by atoms with Gasteiger partial charge < -0.3 is 14.5 Å². The van der Waals surface area contributed by atoms with Gasteiger partial charge in [-0.2, -0.15) is 0 Å². The van der Waals surface area contributed by atoms with E-state index in [0.29, 0.717) is 19.0 Å². The highest BCUT2D eigenvalue weighted by molar-refractivity contribution is 9.10. The molecule has 24 heavy (non-hydrogen) atoms. The topological polar surface area (TPSA) is 51.3 Å². The predicted molar refractivity (Wildman–Crippen MR) is 97.1 cm³/mol. The Hall–Kier alpha value is -2.27. The molecule has 2 aromatic carbocycles. The number of carbonyl (C=O) groups is 1. The van der Waals surface area contributed by atoms with E-state index in [0.717, 1.165) is 26.5 Å². The number of aromatic amines is 1. The van der Waals surface area contributed by atoms with Crippen LogP contribution in [0.15, 0.2) is 53.1 Å². The fourth-order valence-corrected chi connectivity index (χ4v) is 3.22. The van der Waals surface area contributed by atoms with Crippen LogP contribution in [0.5, 0.6) is 5.75 Å². The molecule has 0 radical (unpaired) electrons. The van der Waals surface area contributed by atoms with Gasteiger partial charge in [-0.3, -0.25) is 4.79 Å². The lowest BCUT2D eigenvalue weighted by molar-refractivity contribution is -0.142. The van der Waals surface area contributed by atoms with Crippen molar-refractivity contribution in [2.45, 2.75) is 20.0 Å². The lowest BCUT2D eigenvalue weighted by Gasteiger charge is -2.12. The quantitative estimate of drug-likeness (QED) is 0.628. The molecule has 0 atom stereocenters. The van der Waals surface area contributed by atoms with Crippen LogP contribution in [0.2, 0.25) is 0 Å². The van der Waals surface area contributed by atoms with Crippen molar-refractivity contribution < 1.29 is 14.3 Å². The summed E-state index contributed by atoms with van der Waals surface area (Å²) >= 11 is 3.57. The van der Waals surface area contributed by atoms with E-state index < -0.39 is 0 Å². The molecule has 3 rings (SSSR count). The highest BCUT2D eigenvalue weighted by atomic mass is 79.9. The van der Waals surface area contributed by atoms with Crippen LogP contribution in [0, 0.1) is 0 Å². The maximum atomic E-state index is 11.7. The van der Waals surface area contributed by atoms with Crippen LogP contribution in [0.25, 0.3) is 10.9 Å². The summed E-state index contributed by atoms with van der Waals surface area (Å²) in [6.07, 6.45) is 2.12. The minimum absolute atomic E-state index is 0.213. The number of rotatable bonds is 6. The number of hydrogen-bond donors (Lipinski definition) is 1. The summed E-state index contributed by atoms with van der Waals surface area (Å²) in [7, 11) is 0. The van der Waals surface area contributed by atoms with Crippen LogP contribution in [0.4, 0.5) is 0 Å². The number of para-hydroxylation sites is 1. The minimum Gasteiger partial charge on any atom is -0.489 e. The van der Waals surface area contributed by atoms with E-state index in [1.165, 1.54) is 0 Å². The molecule has 1 N–H and O–H groups in total. The third-order valence-electron chi connectivity index (χ3n) is 3.68. The summed E-state index contributed by atoms with van der Waals surface area (Å²) in [5.41, 5.74) is 2.96. The Morgan fingerprint density at radius 3 is 2.88 bits per heavy atom. The van der Waals surface area contributed by atoms with Gasteiger partial charge in [-0.15, -0.1) is 0 Å². The monoisotopic (exact) mass is 387 g/mol. The normalized spacial score (nSPS) is 10.8. The molecule has 4 nitrogen and oxygen atoms in total. The van der Waals surface area contributed by atoms with Crippen molar-refractivity contribution in [3.63, 3.8) is 0 Å². The van der Waals surface area contributed by atoms with E-state index in [4.69, 9.17) is 9.47 Å². The Kier molecular flexibility index (Phi) is 5.20. The standard InChI is InChI=1S/C19H18BrNO3/c1-2-23-18(22)11-14-5-3-4-6-17(14)24-12-13-9-15-7-8-21-19(15)16(20)10-13/h3-10,21H,2,11-12H2,1H3. The van der Waals surface area contributed by atoms with Crippen molar-refractivity contribution in [3.05, 3.63) is 64.3 Å². The number of halogens is 1. The van der Waals surface area contributed by atoms with Gasteiger partial charge in [0.1, 0.15) is 12.4 Å². The predicted octanol–water partition coefficient (Wildman–Crippen LogP) is 4.62. The highest BCUT2D eigenvalue weighted by Crippen LogP contribution is 2.26. The maximum absolute atomic E-state index is 11.7. The first-order chi connectivity index (χ1) is 11.7. The summed E-state index contributed by atoms with van der Waals surface area (Å²) in [6, 6.07) is 13.7. The molecule has 0 saturated carbocycles. The van der Waals surface area contributed by atoms with Crippen molar-refractivity contribution in [3.8, 4) is 5.75 Å². The van der Waals surface area contributed by atoms with Crippen molar-refractivity contribution >= 4 is 32.8 Å². The molecule has 0 aliphatic heterocycles. The van der Waals surface area contributed by atoms with E-state index in [-0.39, 0.29) is 12.4 Å². The van der Waals surface area contributed by atoms with Gasteiger partial charge in [0.25, 0.3) is 0 Å². The van der Waals surface area contributed by atoms with Gasteiger partial charge in [0.2, 0.25) is 0 Å². The molecule has 0 aliphatic rings. The van der Waals surface area contributed by atoms with Gasteiger partial charge >= 0.3 is 5.97 Å². The summed E-state index contributed by atoms with van der Waals surface area (Å²) in [5.74, 6) is 0.459. The van der Waals surface area contributed by atoms with Crippen LogP contribution >= 0.6 is 15.9 Å². The molecule has 3 aromatic rings. The average molecular weight is 388 g/mol. The Morgan fingerprint density at radius 1 is 1.21 bits per heavy atom. The molecule has 1 aromatic heterocycles. The number of H-pyrrole nitrogens is 1. The fourth-order valence-electron chi connectivity index (χ4n) is 2.59. The Labute approximate surface area is 148 Å². The van der Waals surface area contributed by atoms with E-state index in [2.05, 4.69) is 27.0 Å². The lowest BCUT2D eigenvalue weighted by Crippen LogP contribution is -2.09. The molecule has 0 bridgehead atoms. The van der Waals surface area contributed by atoms with Crippen LogP contribution in [-0.2, 0) is 22.6 Å². The molecular weight excluding hydrogens is 370 g/mol. The number of benzene rings is 2. The number of fused-ring (bicyclic) bond motifs is 1. The highest BCUT2D eigenvalue weighted by Gasteiger charge is 2.10. The van der Waals surface area contributed by atoms with Gasteiger partial charge in [-0.05, 0) is 52.7 Å². The van der Waals surface area contributed by atoms with Crippen LogP contribution in [0.3, 0.4) is 0 Å². The zero-order valence-corrected chi connectivity index (χ0v) is 14.9. The minimum atomic E-state index is -0.245. The molecule has 0 saturated heterocycles. The SMILES string of the molecule is CCOC(=O)Cc1ccccc1OCc1cc(Br)c2[nH]ccc2c1. The third-order valence-corrected chi connectivity index (χ3v) is 4.30. The smallest absolute Gasteiger partial charge is 0.310 e.